The summed E-state index contributed by atoms with van der Waals surface area (Å²) in [4.78, 5) is -0.288. The summed E-state index contributed by atoms with van der Waals surface area (Å²) in [6.45, 7) is -1.72. The maximum atomic E-state index is 14.3. The highest BCUT2D eigenvalue weighted by Gasteiger charge is 2.73. The first kappa shape index (κ1) is 32.8. The molecular formula is C29H25F9O4S. The number of sulfone groups is 1. The Kier molecular flexibility index (Phi) is 8.98. The molecular weight excluding hydrogens is 615 g/mol. The summed E-state index contributed by atoms with van der Waals surface area (Å²) in [5.74, 6) is -3.53. The monoisotopic (exact) mass is 640 g/mol. The van der Waals surface area contributed by atoms with E-state index >= 15 is 0 Å². The minimum absolute atomic E-state index is 0.0999. The first-order valence-corrected chi connectivity index (χ1v) is 14.3. The molecule has 234 valence electrons. The molecule has 0 saturated heterocycles. The smallest absolute Gasteiger partial charge is 0.381 e. The van der Waals surface area contributed by atoms with Gasteiger partial charge in [0.15, 0.2) is 9.84 Å². The summed E-state index contributed by atoms with van der Waals surface area (Å²) >= 11 is 0. The summed E-state index contributed by atoms with van der Waals surface area (Å²) in [6, 6.07) is 8.63. The van der Waals surface area contributed by atoms with Crippen LogP contribution in [0.3, 0.4) is 0 Å². The topological polar surface area (TPSA) is 52.6 Å². The van der Waals surface area contributed by atoms with Crippen LogP contribution >= 0.6 is 0 Å². The fourth-order valence-corrected chi connectivity index (χ4v) is 7.60. The molecule has 43 heavy (non-hydrogen) atoms. The molecule has 0 radical (unpaired) electrons. The standard InChI is InChI=1S/C29H25F9O4S/c1-41-21-13-15-26(16-14-21,43(39,40)22-11-9-20(30)10-12-22)18-5-7-19(8-6-18)27(28(33,34)35,29(36,37)38)42-17-23-24(31)3-2-4-25(23)32/h2-12,21H,13-17H2,1H3. The minimum atomic E-state index is -6.16. The Hall–Kier alpha value is -3.10. The molecule has 4 nitrogen and oxygen atoms in total. The molecule has 0 bridgehead atoms. The van der Waals surface area contributed by atoms with Crippen molar-refractivity contribution < 1.29 is 57.4 Å². The largest absolute Gasteiger partial charge is 0.430 e. The molecule has 0 aromatic heterocycles. The predicted octanol–water partition coefficient (Wildman–Crippen LogP) is 7.90. The number of benzene rings is 3. The molecule has 1 fully saturated rings. The Labute approximate surface area is 241 Å². The van der Waals surface area contributed by atoms with Crippen molar-refractivity contribution in [3.63, 3.8) is 0 Å². The van der Waals surface area contributed by atoms with E-state index in [2.05, 4.69) is 4.74 Å². The third kappa shape index (κ3) is 5.76. The molecule has 0 unspecified atom stereocenters. The third-order valence-corrected chi connectivity index (χ3v) is 10.4. The van der Waals surface area contributed by atoms with Gasteiger partial charge in [0.2, 0.25) is 0 Å². The molecule has 4 rings (SSSR count). The van der Waals surface area contributed by atoms with Crippen molar-refractivity contribution in [3.8, 4) is 0 Å². The number of hydrogen-bond donors (Lipinski definition) is 0. The molecule has 0 amide bonds. The summed E-state index contributed by atoms with van der Waals surface area (Å²) in [6.07, 6.45) is -12.5. The van der Waals surface area contributed by atoms with Crippen molar-refractivity contribution in [1.29, 1.82) is 0 Å². The maximum Gasteiger partial charge on any atom is 0.430 e. The van der Waals surface area contributed by atoms with Gasteiger partial charge in [-0.2, -0.15) is 26.3 Å². The molecule has 3 aromatic rings. The minimum Gasteiger partial charge on any atom is -0.381 e. The van der Waals surface area contributed by atoms with Gasteiger partial charge in [0.1, 0.15) is 22.2 Å². The van der Waals surface area contributed by atoms with Gasteiger partial charge < -0.3 is 9.47 Å². The van der Waals surface area contributed by atoms with Crippen molar-refractivity contribution in [2.24, 2.45) is 0 Å². The number of ether oxygens (including phenoxy) is 2. The molecule has 0 atom stereocenters. The van der Waals surface area contributed by atoms with E-state index in [4.69, 9.17) is 4.74 Å². The van der Waals surface area contributed by atoms with Crippen LogP contribution in [0.4, 0.5) is 39.5 Å². The molecule has 1 aliphatic rings. The fraction of sp³-hybridized carbons (Fsp3) is 0.379. The first-order chi connectivity index (χ1) is 20.0. The lowest BCUT2D eigenvalue weighted by molar-refractivity contribution is -0.392. The van der Waals surface area contributed by atoms with Crippen molar-refractivity contribution >= 4 is 9.84 Å². The Balaban J connectivity index is 1.84. The van der Waals surface area contributed by atoms with Crippen LogP contribution in [0.5, 0.6) is 0 Å². The highest BCUT2D eigenvalue weighted by Crippen LogP contribution is 2.54. The quantitative estimate of drug-likeness (QED) is 0.186. The molecule has 3 aromatic carbocycles. The average molecular weight is 641 g/mol. The number of halogens is 9. The van der Waals surface area contributed by atoms with E-state index in [1.54, 1.807) is 0 Å². The zero-order chi connectivity index (χ0) is 31.8. The second-order valence-electron chi connectivity index (χ2n) is 10.1. The predicted molar refractivity (Wildman–Crippen MR) is 136 cm³/mol. The fourth-order valence-electron chi connectivity index (χ4n) is 5.44. The SMILES string of the molecule is COC1CCC(c2ccc(C(OCc3c(F)cccc3F)(C(F)(F)F)C(F)(F)F)cc2)(S(=O)(=O)c2ccc(F)cc2)CC1. The summed E-state index contributed by atoms with van der Waals surface area (Å²) in [7, 11) is -2.95. The van der Waals surface area contributed by atoms with Crippen LogP contribution in [0.15, 0.2) is 71.6 Å². The Morgan fingerprint density at radius 3 is 1.77 bits per heavy atom. The molecule has 0 spiro atoms. The van der Waals surface area contributed by atoms with Gasteiger partial charge in [0.05, 0.1) is 17.6 Å². The third-order valence-electron chi connectivity index (χ3n) is 7.82. The van der Waals surface area contributed by atoms with Gasteiger partial charge >= 0.3 is 12.4 Å². The second kappa shape index (κ2) is 11.8. The van der Waals surface area contributed by atoms with Gasteiger partial charge in [-0.25, -0.2) is 21.6 Å². The van der Waals surface area contributed by atoms with E-state index in [1.807, 2.05) is 0 Å². The van der Waals surface area contributed by atoms with Gasteiger partial charge in [-0.1, -0.05) is 30.3 Å². The van der Waals surface area contributed by atoms with Crippen molar-refractivity contribution in [2.45, 2.75) is 66.0 Å². The zero-order valence-corrected chi connectivity index (χ0v) is 23.2. The van der Waals surface area contributed by atoms with Crippen molar-refractivity contribution in [1.82, 2.24) is 0 Å². The van der Waals surface area contributed by atoms with Crippen molar-refractivity contribution in [3.05, 3.63) is 101 Å². The lowest BCUT2D eigenvalue weighted by atomic mass is 9.80. The average Bonchev–Trinajstić information content (AvgIpc) is 2.93. The van der Waals surface area contributed by atoms with Gasteiger partial charge in [-0.15, -0.1) is 0 Å². The Morgan fingerprint density at radius 1 is 0.791 bits per heavy atom. The Bertz CT molecular complexity index is 1490. The van der Waals surface area contributed by atoms with Gasteiger partial charge in [0.25, 0.3) is 5.60 Å². The zero-order valence-electron chi connectivity index (χ0n) is 22.4. The van der Waals surface area contributed by atoms with E-state index in [0.29, 0.717) is 24.3 Å². The highest BCUT2D eigenvalue weighted by molar-refractivity contribution is 7.92. The van der Waals surface area contributed by atoms with Gasteiger partial charge in [-0.05, 0) is 67.6 Å². The van der Waals surface area contributed by atoms with Crippen LogP contribution in [0, 0.1) is 17.5 Å². The van der Waals surface area contributed by atoms with Crippen LogP contribution < -0.4 is 0 Å². The number of methoxy groups -OCH3 is 1. The van der Waals surface area contributed by atoms with Crippen LogP contribution in [0.1, 0.15) is 42.4 Å². The van der Waals surface area contributed by atoms with Gasteiger partial charge in [-0.3, -0.25) is 0 Å². The molecule has 1 saturated carbocycles. The van der Waals surface area contributed by atoms with Gasteiger partial charge in [0, 0.05) is 18.2 Å². The lowest BCUT2D eigenvalue weighted by Crippen LogP contribution is -2.56. The first-order valence-electron chi connectivity index (χ1n) is 12.8. The van der Waals surface area contributed by atoms with E-state index in [9.17, 15) is 47.9 Å². The molecule has 0 aliphatic heterocycles. The lowest BCUT2D eigenvalue weighted by Gasteiger charge is -2.40. The number of alkyl halides is 6. The summed E-state index contributed by atoms with van der Waals surface area (Å²) in [5.41, 5.74) is -7.75. The molecule has 1 aliphatic carbocycles. The maximum absolute atomic E-state index is 14.3. The molecule has 0 N–H and O–H groups in total. The highest BCUT2D eigenvalue weighted by atomic mass is 32.2. The van der Waals surface area contributed by atoms with E-state index in [0.717, 1.165) is 42.5 Å². The molecule has 14 heteroatoms. The van der Waals surface area contributed by atoms with E-state index in [-0.39, 0.29) is 42.2 Å². The molecule has 0 heterocycles. The van der Waals surface area contributed by atoms with E-state index in [1.165, 1.54) is 7.11 Å². The van der Waals surface area contributed by atoms with Crippen LogP contribution in [0.25, 0.3) is 0 Å². The van der Waals surface area contributed by atoms with Crippen LogP contribution in [-0.4, -0.2) is 34.0 Å². The normalized spacial score (nSPS) is 20.3. The Morgan fingerprint density at radius 2 is 1.30 bits per heavy atom. The number of hydrogen-bond acceptors (Lipinski definition) is 4. The van der Waals surface area contributed by atoms with E-state index < -0.39 is 67.7 Å². The second-order valence-corrected chi connectivity index (χ2v) is 12.4. The van der Waals surface area contributed by atoms with Crippen LogP contribution in [-0.2, 0) is 36.3 Å². The van der Waals surface area contributed by atoms with Crippen LogP contribution in [0.2, 0.25) is 0 Å². The number of rotatable bonds is 8. The van der Waals surface area contributed by atoms with Crippen molar-refractivity contribution in [2.75, 3.05) is 7.11 Å². The summed E-state index contributed by atoms with van der Waals surface area (Å²) < 4.78 is 164. The summed E-state index contributed by atoms with van der Waals surface area (Å²) in [5, 5.41) is 0.